The quantitative estimate of drug-likeness (QED) is 0.170. The number of H-pyrrole nitrogens is 2. The number of aromatic nitrogens is 4. The molecular weight excluding hydrogens is 596 g/mol. The summed E-state index contributed by atoms with van der Waals surface area (Å²) in [6.07, 6.45) is 10.8. The van der Waals surface area contributed by atoms with E-state index in [1.54, 1.807) is 0 Å². The first-order chi connectivity index (χ1) is 23.2. The summed E-state index contributed by atoms with van der Waals surface area (Å²) < 4.78 is 0. The molecule has 2 fully saturated rings. The molecule has 6 rings (SSSR count). The van der Waals surface area contributed by atoms with E-state index in [1.807, 2.05) is 12.4 Å². The largest absolute Gasteiger partial charge is 0.340 e. The number of hydrogen-bond donors (Lipinski definition) is 2. The van der Waals surface area contributed by atoms with Gasteiger partial charge < -0.3 is 19.8 Å². The van der Waals surface area contributed by atoms with Gasteiger partial charge >= 0.3 is 0 Å². The minimum absolute atomic E-state index is 0.0106. The number of aromatic amines is 2. The highest BCUT2D eigenvalue weighted by atomic mass is 16.2. The van der Waals surface area contributed by atoms with Crippen molar-refractivity contribution in [1.29, 1.82) is 0 Å². The van der Waals surface area contributed by atoms with Crippen LogP contribution in [0.3, 0.4) is 0 Å². The van der Waals surface area contributed by atoms with Gasteiger partial charge in [0.15, 0.2) is 0 Å². The van der Waals surface area contributed by atoms with Crippen molar-refractivity contribution in [2.75, 3.05) is 0 Å². The van der Waals surface area contributed by atoms with E-state index in [4.69, 9.17) is 9.97 Å². The molecular formula is C40H52N6O2. The molecule has 2 aromatic carbocycles. The van der Waals surface area contributed by atoms with Crippen LogP contribution in [-0.4, -0.2) is 53.6 Å². The maximum Gasteiger partial charge on any atom is 0.223 e. The molecule has 0 aliphatic carbocycles. The average molecular weight is 649 g/mol. The highest BCUT2D eigenvalue weighted by Gasteiger charge is 2.39. The molecule has 4 atom stereocenters. The Kier molecular flexibility index (Phi) is 10.2. The van der Waals surface area contributed by atoms with Crippen molar-refractivity contribution in [1.82, 2.24) is 29.7 Å². The van der Waals surface area contributed by atoms with Crippen LogP contribution in [0.4, 0.5) is 0 Å². The van der Waals surface area contributed by atoms with E-state index in [9.17, 15) is 9.59 Å². The van der Waals surface area contributed by atoms with Crippen LogP contribution in [0, 0.1) is 11.8 Å². The Morgan fingerprint density at radius 3 is 1.31 bits per heavy atom. The first kappa shape index (κ1) is 33.7. The van der Waals surface area contributed by atoms with Crippen LogP contribution < -0.4 is 0 Å². The summed E-state index contributed by atoms with van der Waals surface area (Å²) >= 11 is 0. The molecule has 0 unspecified atom stereocenters. The fourth-order valence-electron chi connectivity index (χ4n) is 7.76. The zero-order valence-corrected chi connectivity index (χ0v) is 29.5. The molecule has 2 aliphatic heterocycles. The fourth-order valence-corrected chi connectivity index (χ4v) is 7.76. The van der Waals surface area contributed by atoms with Crippen LogP contribution in [0.1, 0.15) is 117 Å². The van der Waals surface area contributed by atoms with Crippen LogP contribution >= 0.6 is 0 Å². The van der Waals surface area contributed by atoms with E-state index in [0.717, 1.165) is 83.8 Å². The normalized spacial score (nSPS) is 21.2. The molecule has 4 heterocycles. The highest BCUT2D eigenvalue weighted by Crippen LogP contribution is 2.39. The third-order valence-corrected chi connectivity index (χ3v) is 10.2. The van der Waals surface area contributed by atoms with Gasteiger partial charge in [-0.2, -0.15) is 0 Å². The predicted molar refractivity (Wildman–Crippen MR) is 192 cm³/mol. The first-order valence-electron chi connectivity index (χ1n) is 18.1. The lowest BCUT2D eigenvalue weighted by Crippen LogP contribution is -2.38. The van der Waals surface area contributed by atoms with Gasteiger partial charge in [-0.05, 0) is 72.6 Å². The zero-order chi connectivity index (χ0) is 33.9. The van der Waals surface area contributed by atoms with Crippen molar-refractivity contribution >= 4 is 11.8 Å². The summed E-state index contributed by atoms with van der Waals surface area (Å²) in [5.74, 6) is 2.91. The monoisotopic (exact) mass is 648 g/mol. The first-order valence-corrected chi connectivity index (χ1v) is 18.1. The van der Waals surface area contributed by atoms with Crippen LogP contribution in [0.25, 0.3) is 33.6 Å². The standard InChI is InChI=1S/C40H52N6O2/c1-7-31-17-19-35(45(31)37(47)21-25(3)4)39-41-23-33(43-39)29-13-9-27(10-14-29)28-11-15-30(16-12-28)34-24-42-40(44-34)36-20-18-32(8-2)46(36)38(48)22-26(5)6/h9-16,23-26,31-32,35-36H,7-8,17-22H2,1-6H3,(H,41,43)(H,42,44)/t31-,32-,35-,36-/m0/s1. The Hall–Kier alpha value is -4.20. The number of benzene rings is 2. The van der Waals surface area contributed by atoms with Gasteiger partial charge in [-0.3, -0.25) is 9.59 Å². The van der Waals surface area contributed by atoms with E-state index in [2.05, 4.69) is 110 Å². The molecule has 2 amide bonds. The molecule has 0 spiro atoms. The molecule has 2 saturated heterocycles. The molecule has 2 aliphatic rings. The number of likely N-dealkylation sites (tertiary alicyclic amines) is 2. The molecule has 2 aromatic heterocycles. The van der Waals surface area contributed by atoms with E-state index >= 15 is 0 Å². The number of nitrogens with zero attached hydrogens (tertiary/aromatic N) is 4. The summed E-state index contributed by atoms with van der Waals surface area (Å²) in [4.78, 5) is 47.1. The van der Waals surface area contributed by atoms with Crippen molar-refractivity contribution in [3.63, 3.8) is 0 Å². The summed E-state index contributed by atoms with van der Waals surface area (Å²) in [7, 11) is 0. The van der Waals surface area contributed by atoms with Gasteiger partial charge in [0.25, 0.3) is 0 Å². The number of carbonyl (C=O) groups is 2. The van der Waals surface area contributed by atoms with Crippen molar-refractivity contribution in [3.8, 4) is 33.6 Å². The minimum atomic E-state index is 0.0106. The molecule has 0 saturated carbocycles. The molecule has 48 heavy (non-hydrogen) atoms. The maximum absolute atomic E-state index is 13.2. The smallest absolute Gasteiger partial charge is 0.223 e. The van der Waals surface area contributed by atoms with E-state index in [-0.39, 0.29) is 36.0 Å². The number of rotatable bonds is 11. The second-order valence-corrected chi connectivity index (χ2v) is 14.6. The Bertz CT molecular complexity index is 1560. The number of nitrogens with one attached hydrogen (secondary N) is 2. The second kappa shape index (κ2) is 14.5. The van der Waals surface area contributed by atoms with Crippen molar-refractivity contribution in [3.05, 3.63) is 72.6 Å². The van der Waals surface area contributed by atoms with Gasteiger partial charge in [0.1, 0.15) is 11.6 Å². The van der Waals surface area contributed by atoms with Gasteiger partial charge in [-0.25, -0.2) is 9.97 Å². The molecule has 254 valence electrons. The molecule has 2 N–H and O–H groups in total. The Balaban J connectivity index is 1.13. The predicted octanol–water partition coefficient (Wildman–Crippen LogP) is 9.11. The van der Waals surface area contributed by atoms with E-state index < -0.39 is 0 Å². The van der Waals surface area contributed by atoms with Gasteiger partial charge in [0.2, 0.25) is 11.8 Å². The molecule has 0 bridgehead atoms. The van der Waals surface area contributed by atoms with Gasteiger partial charge in [-0.1, -0.05) is 90.1 Å². The number of carbonyl (C=O) groups excluding carboxylic acids is 2. The van der Waals surface area contributed by atoms with Gasteiger partial charge in [-0.15, -0.1) is 0 Å². The zero-order valence-electron chi connectivity index (χ0n) is 29.5. The number of imidazole rings is 2. The minimum Gasteiger partial charge on any atom is -0.340 e. The SMILES string of the molecule is CC[C@H]1CC[C@@H](c2ncc(-c3ccc(-c4ccc(-c5cnc([C@@H]6CC[C@H](CC)N6C(=O)CC(C)C)[nH]5)cc4)cc3)[nH]2)N1C(=O)CC(C)C. The molecule has 4 aromatic rings. The molecule has 0 radical (unpaired) electrons. The summed E-state index contributed by atoms with van der Waals surface area (Å²) in [5, 5.41) is 0. The lowest BCUT2D eigenvalue weighted by Gasteiger charge is -2.29. The van der Waals surface area contributed by atoms with Gasteiger partial charge in [0, 0.05) is 24.9 Å². The summed E-state index contributed by atoms with van der Waals surface area (Å²) in [6.45, 7) is 12.8. The lowest BCUT2D eigenvalue weighted by molar-refractivity contribution is -0.136. The van der Waals surface area contributed by atoms with E-state index in [0.29, 0.717) is 24.7 Å². The Morgan fingerprint density at radius 1 is 0.625 bits per heavy atom. The highest BCUT2D eigenvalue weighted by molar-refractivity contribution is 5.78. The fraction of sp³-hybridized carbons (Fsp3) is 0.500. The third-order valence-electron chi connectivity index (χ3n) is 10.2. The second-order valence-electron chi connectivity index (χ2n) is 14.6. The van der Waals surface area contributed by atoms with Crippen molar-refractivity contribution in [2.45, 2.75) is 117 Å². The van der Waals surface area contributed by atoms with Crippen LogP contribution in [0.2, 0.25) is 0 Å². The third kappa shape index (κ3) is 6.99. The molecule has 8 heteroatoms. The Labute approximate surface area is 285 Å². The number of hydrogen-bond acceptors (Lipinski definition) is 4. The van der Waals surface area contributed by atoms with E-state index in [1.165, 1.54) is 0 Å². The van der Waals surface area contributed by atoms with Crippen molar-refractivity contribution in [2.24, 2.45) is 11.8 Å². The van der Waals surface area contributed by atoms with Crippen LogP contribution in [0.5, 0.6) is 0 Å². The van der Waals surface area contributed by atoms with Crippen LogP contribution in [0.15, 0.2) is 60.9 Å². The summed E-state index contributed by atoms with van der Waals surface area (Å²) in [6, 6.07) is 17.7. The number of amides is 2. The lowest BCUT2D eigenvalue weighted by atomic mass is 10.0. The van der Waals surface area contributed by atoms with Gasteiger partial charge in [0.05, 0.1) is 35.9 Å². The average Bonchev–Trinajstić information content (AvgIpc) is 3.89. The van der Waals surface area contributed by atoms with Crippen LogP contribution in [-0.2, 0) is 9.59 Å². The summed E-state index contributed by atoms with van der Waals surface area (Å²) in [5.41, 5.74) is 6.35. The van der Waals surface area contributed by atoms with Crippen molar-refractivity contribution < 1.29 is 9.59 Å². The maximum atomic E-state index is 13.2. The topological polar surface area (TPSA) is 98.0 Å². The molecule has 8 nitrogen and oxygen atoms in total. The Morgan fingerprint density at radius 2 is 0.979 bits per heavy atom.